The normalized spacial score (nSPS) is 11.1. The Kier molecular flexibility index (Phi) is 12.3. The minimum Gasteiger partial charge on any atom is -0.484 e. The molecule has 0 heterocycles. The Bertz CT molecular complexity index is 326. The van der Waals surface area contributed by atoms with E-state index in [1.807, 2.05) is 0 Å². The van der Waals surface area contributed by atoms with Crippen molar-refractivity contribution in [1.29, 1.82) is 0 Å². The molecule has 0 aromatic heterocycles. The molecule has 0 aliphatic carbocycles. The fraction of sp³-hybridized carbons (Fsp3) is 0.692. The largest absolute Gasteiger partial charge is 0.484 e. The summed E-state index contributed by atoms with van der Waals surface area (Å²) in [6.45, 7) is 2.19. The number of carbonyl (C=O) groups is 2. The number of methoxy groups -OCH3 is 3. The first-order chi connectivity index (χ1) is 10.2. The molecule has 0 aromatic carbocycles. The summed E-state index contributed by atoms with van der Waals surface area (Å²) >= 11 is 0. The zero-order chi connectivity index (χ0) is 15.9. The van der Waals surface area contributed by atoms with E-state index in [4.69, 9.17) is 18.9 Å². The fourth-order valence-corrected chi connectivity index (χ4v) is 1.10. The van der Waals surface area contributed by atoms with Gasteiger partial charge in [0.1, 0.15) is 6.61 Å². The smallest absolute Gasteiger partial charge is 0.373 e. The highest BCUT2D eigenvalue weighted by atomic mass is 16.6. The Morgan fingerprint density at radius 3 is 1.90 bits per heavy atom. The lowest BCUT2D eigenvalue weighted by Gasteiger charge is -2.09. The Hall–Kier alpha value is -1.64. The second-order valence-corrected chi connectivity index (χ2v) is 3.59. The van der Waals surface area contributed by atoms with E-state index in [9.17, 15) is 9.59 Å². The Balaban J connectivity index is 3.82. The van der Waals surface area contributed by atoms with Crippen molar-refractivity contribution in [3.8, 4) is 0 Å². The third kappa shape index (κ3) is 10.8. The summed E-state index contributed by atoms with van der Waals surface area (Å²) in [6.07, 6.45) is 0.916. The van der Waals surface area contributed by atoms with E-state index in [2.05, 4.69) is 9.47 Å². The third-order valence-electron chi connectivity index (χ3n) is 2.13. The first kappa shape index (κ1) is 19.4. The Morgan fingerprint density at radius 2 is 1.38 bits per heavy atom. The van der Waals surface area contributed by atoms with E-state index in [1.165, 1.54) is 14.2 Å². The zero-order valence-corrected chi connectivity index (χ0v) is 12.6. The molecule has 8 nitrogen and oxygen atoms in total. The molecule has 0 spiro atoms. The summed E-state index contributed by atoms with van der Waals surface area (Å²) in [5.74, 6) is -1.70. The Labute approximate surface area is 123 Å². The molecule has 0 aromatic rings. The first-order valence-corrected chi connectivity index (χ1v) is 6.30. The van der Waals surface area contributed by atoms with Crippen molar-refractivity contribution in [2.45, 2.75) is 0 Å². The van der Waals surface area contributed by atoms with Gasteiger partial charge in [-0.1, -0.05) is 0 Å². The molecule has 0 aliphatic heterocycles. The van der Waals surface area contributed by atoms with Gasteiger partial charge in [-0.2, -0.15) is 0 Å². The van der Waals surface area contributed by atoms with Crippen LogP contribution in [-0.2, 0) is 38.0 Å². The lowest BCUT2D eigenvalue weighted by molar-refractivity contribution is -0.142. The monoisotopic (exact) mass is 306 g/mol. The maximum atomic E-state index is 11.3. The van der Waals surface area contributed by atoms with Gasteiger partial charge in [0.25, 0.3) is 0 Å². The zero-order valence-electron chi connectivity index (χ0n) is 12.6. The predicted octanol–water partition coefficient (Wildman–Crippen LogP) is -0.0875. The van der Waals surface area contributed by atoms with Crippen molar-refractivity contribution in [1.82, 2.24) is 0 Å². The molecule has 21 heavy (non-hydrogen) atoms. The molecule has 8 heteroatoms. The summed E-state index contributed by atoms with van der Waals surface area (Å²) in [4.78, 5) is 22.4. The SMILES string of the molecule is COCCOCCOCCOC(=CC(=O)OC)C(=O)OC. The molecule has 0 bridgehead atoms. The highest BCUT2D eigenvalue weighted by Gasteiger charge is 2.13. The molecule has 0 fully saturated rings. The number of hydrogen-bond donors (Lipinski definition) is 0. The van der Waals surface area contributed by atoms with Crippen LogP contribution >= 0.6 is 0 Å². The van der Waals surface area contributed by atoms with Gasteiger partial charge in [0.15, 0.2) is 0 Å². The van der Waals surface area contributed by atoms with E-state index >= 15 is 0 Å². The molecular weight excluding hydrogens is 284 g/mol. The van der Waals surface area contributed by atoms with Crippen molar-refractivity contribution in [3.05, 3.63) is 11.8 Å². The number of esters is 2. The van der Waals surface area contributed by atoms with Crippen LogP contribution in [0.2, 0.25) is 0 Å². The van der Waals surface area contributed by atoms with Crippen LogP contribution in [-0.4, -0.2) is 72.9 Å². The first-order valence-electron chi connectivity index (χ1n) is 6.30. The van der Waals surface area contributed by atoms with Crippen LogP contribution in [0.15, 0.2) is 11.8 Å². The van der Waals surface area contributed by atoms with Crippen LogP contribution < -0.4 is 0 Å². The highest BCUT2D eigenvalue weighted by molar-refractivity contribution is 5.94. The lowest BCUT2D eigenvalue weighted by Crippen LogP contribution is -2.15. The summed E-state index contributed by atoms with van der Waals surface area (Å²) < 4.78 is 29.2. The molecule has 0 radical (unpaired) electrons. The summed E-state index contributed by atoms with van der Waals surface area (Å²) in [7, 11) is 3.98. The summed E-state index contributed by atoms with van der Waals surface area (Å²) in [5.41, 5.74) is 0. The van der Waals surface area contributed by atoms with Crippen LogP contribution in [0.5, 0.6) is 0 Å². The van der Waals surface area contributed by atoms with Crippen LogP contribution in [0.4, 0.5) is 0 Å². The standard InChI is InChI=1S/C13H22O8/c1-16-4-5-19-6-7-20-8-9-21-11(13(15)18-3)10-12(14)17-2/h10H,4-9H2,1-3H3. The quantitative estimate of drug-likeness (QED) is 0.214. The maximum Gasteiger partial charge on any atom is 0.373 e. The molecule has 0 unspecified atom stereocenters. The van der Waals surface area contributed by atoms with Crippen molar-refractivity contribution >= 4 is 11.9 Å². The minimum atomic E-state index is -0.761. The van der Waals surface area contributed by atoms with Crippen LogP contribution in [0.3, 0.4) is 0 Å². The van der Waals surface area contributed by atoms with Gasteiger partial charge < -0.3 is 28.4 Å². The molecule has 0 atom stereocenters. The number of carbonyl (C=O) groups excluding carboxylic acids is 2. The maximum absolute atomic E-state index is 11.3. The molecular formula is C13H22O8. The number of rotatable bonds is 12. The number of ether oxygens (including phenoxy) is 6. The Morgan fingerprint density at radius 1 is 0.810 bits per heavy atom. The van der Waals surface area contributed by atoms with Gasteiger partial charge >= 0.3 is 11.9 Å². The van der Waals surface area contributed by atoms with Crippen LogP contribution in [0.1, 0.15) is 0 Å². The highest BCUT2D eigenvalue weighted by Crippen LogP contribution is 2.01. The average Bonchev–Trinajstić information content (AvgIpc) is 2.51. The van der Waals surface area contributed by atoms with Gasteiger partial charge in [0, 0.05) is 7.11 Å². The van der Waals surface area contributed by atoms with E-state index in [-0.39, 0.29) is 19.0 Å². The summed E-state index contributed by atoms with van der Waals surface area (Å²) in [5, 5.41) is 0. The van der Waals surface area contributed by atoms with Gasteiger partial charge in [-0.3, -0.25) is 0 Å². The molecule has 0 amide bonds. The fourth-order valence-electron chi connectivity index (χ4n) is 1.10. The van der Waals surface area contributed by atoms with Crippen LogP contribution in [0, 0.1) is 0 Å². The van der Waals surface area contributed by atoms with Crippen molar-refractivity contribution in [3.63, 3.8) is 0 Å². The topological polar surface area (TPSA) is 89.5 Å². The van der Waals surface area contributed by atoms with Gasteiger partial charge in [0.2, 0.25) is 5.76 Å². The van der Waals surface area contributed by atoms with Crippen molar-refractivity contribution in [2.24, 2.45) is 0 Å². The molecule has 0 aliphatic rings. The summed E-state index contributed by atoms with van der Waals surface area (Å²) in [6, 6.07) is 0. The molecule has 0 N–H and O–H groups in total. The van der Waals surface area contributed by atoms with Gasteiger partial charge in [-0.25, -0.2) is 9.59 Å². The molecule has 0 rings (SSSR count). The van der Waals surface area contributed by atoms with E-state index in [1.54, 1.807) is 7.11 Å². The van der Waals surface area contributed by atoms with Crippen LogP contribution in [0.25, 0.3) is 0 Å². The molecule has 0 saturated carbocycles. The second-order valence-electron chi connectivity index (χ2n) is 3.59. The van der Waals surface area contributed by atoms with E-state index in [0.29, 0.717) is 26.4 Å². The van der Waals surface area contributed by atoms with Crippen molar-refractivity contribution < 1.29 is 38.0 Å². The molecule has 0 saturated heterocycles. The van der Waals surface area contributed by atoms with Gasteiger partial charge in [-0.05, 0) is 0 Å². The van der Waals surface area contributed by atoms with E-state index < -0.39 is 11.9 Å². The van der Waals surface area contributed by atoms with Crippen molar-refractivity contribution in [2.75, 3.05) is 61.0 Å². The lowest BCUT2D eigenvalue weighted by atomic mass is 10.4. The van der Waals surface area contributed by atoms with Gasteiger partial charge in [-0.15, -0.1) is 0 Å². The third-order valence-corrected chi connectivity index (χ3v) is 2.13. The van der Waals surface area contributed by atoms with E-state index in [0.717, 1.165) is 6.08 Å². The molecule has 122 valence electrons. The predicted molar refractivity (Wildman–Crippen MR) is 71.6 cm³/mol. The minimum absolute atomic E-state index is 0.0933. The second kappa shape index (κ2) is 13.3. The number of hydrogen-bond acceptors (Lipinski definition) is 8. The average molecular weight is 306 g/mol. The van der Waals surface area contributed by atoms with Gasteiger partial charge in [0.05, 0.1) is 53.3 Å².